The first-order valence-electron chi connectivity index (χ1n) is 9.18. The van der Waals surface area contributed by atoms with Crippen LogP contribution >= 0.6 is 23.1 Å². The van der Waals surface area contributed by atoms with Crippen molar-refractivity contribution in [1.29, 1.82) is 0 Å². The Morgan fingerprint density at radius 3 is 2.69 bits per heavy atom. The zero-order valence-corrected chi connectivity index (χ0v) is 18.0. The molecule has 0 unspecified atom stereocenters. The van der Waals surface area contributed by atoms with Gasteiger partial charge in [-0.1, -0.05) is 55.9 Å². The van der Waals surface area contributed by atoms with E-state index in [0.29, 0.717) is 15.7 Å². The molecule has 3 aromatic rings. The molecule has 1 aromatic carbocycles. The first-order chi connectivity index (χ1) is 14.0. The highest BCUT2D eigenvalue weighted by Crippen LogP contribution is 2.36. The molecular weight excluding hydrogens is 408 g/mol. The van der Waals surface area contributed by atoms with Gasteiger partial charge in [-0.2, -0.15) is 0 Å². The summed E-state index contributed by atoms with van der Waals surface area (Å²) < 4.78 is 5.21. The summed E-state index contributed by atoms with van der Waals surface area (Å²) in [6, 6.07) is 9.55. The lowest BCUT2D eigenvalue weighted by atomic mass is 10.0. The lowest BCUT2D eigenvalue weighted by Gasteiger charge is -2.08. The quantitative estimate of drug-likeness (QED) is 0.401. The lowest BCUT2D eigenvalue weighted by Crippen LogP contribution is -2.16. The number of aromatic amines is 1. The van der Waals surface area contributed by atoms with Gasteiger partial charge in [0.05, 0.1) is 12.4 Å². The van der Waals surface area contributed by atoms with Crippen LogP contribution in [0.2, 0.25) is 0 Å². The maximum atomic E-state index is 12.6. The van der Waals surface area contributed by atoms with Crippen molar-refractivity contribution in [3.05, 3.63) is 47.1 Å². The standard InChI is InChI=1S/C20H22N4O3S2/c1-4-27-19(26)16-14(13-8-6-5-7-9-13)10-28-18(16)21-15(25)11-29-20-22-17(12(2)3)23-24-20/h5-10,12H,4,11H2,1-3H3,(H,21,25)(H,22,23,24). The van der Waals surface area contributed by atoms with Crippen LogP contribution in [-0.4, -0.2) is 39.4 Å². The third-order valence-electron chi connectivity index (χ3n) is 3.97. The number of H-pyrrole nitrogens is 1. The SMILES string of the molecule is CCOC(=O)c1c(-c2ccccc2)csc1NC(=O)CSc1n[nH]c(C(C)C)n1. The summed E-state index contributed by atoms with van der Waals surface area (Å²) in [5, 5.41) is 12.7. The van der Waals surface area contributed by atoms with Gasteiger partial charge in [-0.25, -0.2) is 9.78 Å². The van der Waals surface area contributed by atoms with E-state index in [-0.39, 0.29) is 24.2 Å². The Bertz CT molecular complexity index is 983. The Morgan fingerprint density at radius 2 is 2.03 bits per heavy atom. The molecule has 0 spiro atoms. The largest absolute Gasteiger partial charge is 0.462 e. The molecule has 9 heteroatoms. The fourth-order valence-corrected chi connectivity index (χ4v) is 4.14. The number of thioether (sulfide) groups is 1. The molecule has 2 N–H and O–H groups in total. The first-order valence-corrected chi connectivity index (χ1v) is 11.0. The molecule has 0 saturated carbocycles. The number of amides is 1. The second-order valence-corrected chi connectivity index (χ2v) is 8.26. The maximum Gasteiger partial charge on any atom is 0.341 e. The summed E-state index contributed by atoms with van der Waals surface area (Å²) in [5.41, 5.74) is 2.01. The minimum atomic E-state index is -0.453. The second kappa shape index (κ2) is 9.71. The van der Waals surface area contributed by atoms with Crippen molar-refractivity contribution in [3.8, 4) is 11.1 Å². The fourth-order valence-electron chi connectivity index (χ4n) is 2.56. The highest BCUT2D eigenvalue weighted by molar-refractivity contribution is 7.99. The Hall–Kier alpha value is -2.65. The van der Waals surface area contributed by atoms with Crippen molar-refractivity contribution in [2.75, 3.05) is 17.7 Å². The molecule has 0 aliphatic heterocycles. The smallest absolute Gasteiger partial charge is 0.341 e. The van der Waals surface area contributed by atoms with E-state index in [2.05, 4.69) is 20.5 Å². The van der Waals surface area contributed by atoms with E-state index < -0.39 is 5.97 Å². The monoisotopic (exact) mass is 430 g/mol. The second-order valence-electron chi connectivity index (χ2n) is 6.43. The lowest BCUT2D eigenvalue weighted by molar-refractivity contribution is -0.113. The van der Waals surface area contributed by atoms with Gasteiger partial charge < -0.3 is 10.1 Å². The van der Waals surface area contributed by atoms with E-state index in [9.17, 15) is 9.59 Å². The number of aromatic nitrogens is 3. The molecule has 0 radical (unpaired) electrons. The maximum absolute atomic E-state index is 12.6. The molecule has 0 fully saturated rings. The molecule has 3 rings (SSSR count). The molecule has 0 atom stereocenters. The summed E-state index contributed by atoms with van der Waals surface area (Å²) >= 11 is 2.54. The average molecular weight is 431 g/mol. The van der Waals surface area contributed by atoms with Crippen LogP contribution in [0.15, 0.2) is 40.9 Å². The van der Waals surface area contributed by atoms with Crippen molar-refractivity contribution in [1.82, 2.24) is 15.2 Å². The molecule has 1 amide bonds. The highest BCUT2D eigenvalue weighted by Gasteiger charge is 2.23. The van der Waals surface area contributed by atoms with Gasteiger partial charge in [0, 0.05) is 16.9 Å². The van der Waals surface area contributed by atoms with Gasteiger partial charge in [-0.15, -0.1) is 16.4 Å². The number of hydrogen-bond acceptors (Lipinski definition) is 7. The van der Waals surface area contributed by atoms with E-state index in [0.717, 1.165) is 17.0 Å². The van der Waals surface area contributed by atoms with Gasteiger partial charge in [0.1, 0.15) is 16.4 Å². The molecule has 2 heterocycles. The molecule has 152 valence electrons. The van der Waals surface area contributed by atoms with E-state index >= 15 is 0 Å². The highest BCUT2D eigenvalue weighted by atomic mass is 32.2. The Labute approximate surface area is 177 Å². The number of carbonyl (C=O) groups excluding carboxylic acids is 2. The van der Waals surface area contributed by atoms with Crippen LogP contribution in [0.1, 0.15) is 42.9 Å². The number of rotatable bonds is 8. The molecule has 0 saturated heterocycles. The first kappa shape index (κ1) is 21.1. The van der Waals surface area contributed by atoms with Crippen molar-refractivity contribution >= 4 is 40.0 Å². The van der Waals surface area contributed by atoms with Crippen LogP contribution < -0.4 is 5.32 Å². The third kappa shape index (κ3) is 5.24. The zero-order valence-electron chi connectivity index (χ0n) is 16.4. The van der Waals surface area contributed by atoms with Crippen molar-refractivity contribution in [2.45, 2.75) is 31.8 Å². The van der Waals surface area contributed by atoms with Crippen LogP contribution in [0.3, 0.4) is 0 Å². The number of thiophene rings is 1. The van der Waals surface area contributed by atoms with Gasteiger partial charge in [-0.05, 0) is 12.5 Å². The molecule has 0 bridgehead atoms. The number of benzene rings is 1. The van der Waals surface area contributed by atoms with Crippen molar-refractivity contribution in [2.24, 2.45) is 0 Å². The molecule has 7 nitrogen and oxygen atoms in total. The Morgan fingerprint density at radius 1 is 1.28 bits per heavy atom. The normalized spacial score (nSPS) is 10.9. The van der Waals surface area contributed by atoms with Crippen LogP contribution in [0.25, 0.3) is 11.1 Å². The number of hydrogen-bond donors (Lipinski definition) is 2. The van der Waals surface area contributed by atoms with Gasteiger partial charge >= 0.3 is 5.97 Å². The van der Waals surface area contributed by atoms with Crippen LogP contribution in [0, 0.1) is 0 Å². The van der Waals surface area contributed by atoms with E-state index in [1.807, 2.05) is 49.6 Å². The molecule has 0 aliphatic carbocycles. The summed E-state index contributed by atoms with van der Waals surface area (Å²) in [4.78, 5) is 29.4. The van der Waals surface area contributed by atoms with Gasteiger partial charge in [0.25, 0.3) is 0 Å². The van der Waals surface area contributed by atoms with Gasteiger partial charge in [-0.3, -0.25) is 9.89 Å². The fraction of sp³-hybridized carbons (Fsp3) is 0.300. The average Bonchev–Trinajstić information content (AvgIpc) is 3.34. The minimum absolute atomic E-state index is 0.135. The summed E-state index contributed by atoms with van der Waals surface area (Å²) in [6.07, 6.45) is 0. The predicted molar refractivity (Wildman–Crippen MR) is 116 cm³/mol. The zero-order chi connectivity index (χ0) is 20.8. The number of nitrogens with zero attached hydrogens (tertiary/aromatic N) is 2. The molecular formula is C20H22N4O3S2. The topological polar surface area (TPSA) is 97.0 Å². The van der Waals surface area contributed by atoms with Gasteiger partial charge in [0.15, 0.2) is 0 Å². The van der Waals surface area contributed by atoms with Crippen LogP contribution in [0.5, 0.6) is 0 Å². The number of esters is 1. The predicted octanol–water partition coefficient (Wildman–Crippen LogP) is 4.56. The third-order valence-corrected chi connectivity index (χ3v) is 5.71. The number of anilines is 1. The van der Waals surface area contributed by atoms with Crippen LogP contribution in [0.4, 0.5) is 5.00 Å². The molecule has 29 heavy (non-hydrogen) atoms. The Kier molecular flexibility index (Phi) is 7.05. The number of nitrogens with one attached hydrogen (secondary N) is 2. The number of carbonyl (C=O) groups is 2. The van der Waals surface area contributed by atoms with Crippen molar-refractivity contribution < 1.29 is 14.3 Å². The van der Waals surface area contributed by atoms with Crippen LogP contribution in [-0.2, 0) is 9.53 Å². The summed E-state index contributed by atoms with van der Waals surface area (Å²) in [7, 11) is 0. The van der Waals surface area contributed by atoms with E-state index in [1.165, 1.54) is 23.1 Å². The number of ether oxygens (including phenoxy) is 1. The van der Waals surface area contributed by atoms with Gasteiger partial charge in [0.2, 0.25) is 11.1 Å². The minimum Gasteiger partial charge on any atom is -0.462 e. The molecule has 0 aliphatic rings. The van der Waals surface area contributed by atoms with E-state index in [1.54, 1.807) is 6.92 Å². The van der Waals surface area contributed by atoms with Crippen molar-refractivity contribution in [3.63, 3.8) is 0 Å². The van der Waals surface area contributed by atoms with E-state index in [4.69, 9.17) is 4.74 Å². The Balaban J connectivity index is 1.74. The summed E-state index contributed by atoms with van der Waals surface area (Å²) in [5.74, 6) is 0.462. The summed E-state index contributed by atoms with van der Waals surface area (Å²) in [6.45, 7) is 6.04. The molecule has 2 aromatic heterocycles.